The molecule has 0 aliphatic carbocycles. The maximum absolute atomic E-state index is 11.7. The van der Waals surface area contributed by atoms with Crippen LogP contribution >= 0.6 is 7.37 Å². The number of carbonyl (C=O) groups excluding carboxylic acids is 2. The van der Waals surface area contributed by atoms with E-state index in [0.717, 1.165) is 7.11 Å². The van der Waals surface area contributed by atoms with Gasteiger partial charge >= 0.3 is 17.3 Å². The smallest absolute Gasteiger partial charge is 0.374 e. The Hall–Kier alpha value is -0.830. The maximum Gasteiger partial charge on any atom is 0.374 e. The van der Waals surface area contributed by atoms with Gasteiger partial charge in [-0.1, -0.05) is 0 Å². The van der Waals surface area contributed by atoms with Crippen LogP contribution < -0.4 is 0 Å². The molecule has 2 atom stereocenters. The second-order valence-electron chi connectivity index (χ2n) is 3.49. The van der Waals surface area contributed by atoms with Gasteiger partial charge in [-0.3, -0.25) is 13.9 Å². The van der Waals surface area contributed by atoms with Gasteiger partial charge in [0.15, 0.2) is 0 Å². The van der Waals surface area contributed by atoms with E-state index in [1.165, 1.54) is 0 Å². The summed E-state index contributed by atoms with van der Waals surface area (Å²) in [5.74, 6) is -7.23. The Labute approximate surface area is 102 Å². The van der Waals surface area contributed by atoms with Crippen LogP contribution in [0.1, 0.15) is 6.92 Å². The molecule has 0 bridgehead atoms. The van der Waals surface area contributed by atoms with Crippen LogP contribution in [0.4, 0.5) is 0 Å². The summed E-state index contributed by atoms with van der Waals surface area (Å²) in [5, 5.41) is 28.0. The van der Waals surface area contributed by atoms with Crippen LogP contribution in [0.5, 0.6) is 0 Å². The van der Waals surface area contributed by atoms with E-state index in [0.29, 0.717) is 0 Å². The maximum atomic E-state index is 11.7. The second-order valence-corrected chi connectivity index (χ2v) is 5.88. The Morgan fingerprint density at radius 1 is 1.44 bits per heavy atom. The fourth-order valence-corrected chi connectivity index (χ4v) is 3.01. The van der Waals surface area contributed by atoms with Gasteiger partial charge in [0.1, 0.15) is 6.35 Å². The van der Waals surface area contributed by atoms with Crippen molar-refractivity contribution < 1.29 is 43.5 Å². The van der Waals surface area contributed by atoms with E-state index < -0.39 is 36.8 Å². The molecule has 1 aliphatic heterocycles. The topological polar surface area (TPSA) is 143 Å². The fourth-order valence-electron chi connectivity index (χ4n) is 1.17. The molecule has 1 saturated heterocycles. The first-order valence-corrected chi connectivity index (χ1v) is 6.64. The van der Waals surface area contributed by atoms with E-state index in [-0.39, 0.29) is 6.61 Å². The van der Waals surface area contributed by atoms with Crippen LogP contribution in [0.15, 0.2) is 0 Å². The van der Waals surface area contributed by atoms with Gasteiger partial charge in [-0.2, -0.15) is 0 Å². The molecule has 2 unspecified atom stereocenters. The van der Waals surface area contributed by atoms with E-state index in [9.17, 15) is 29.5 Å². The molecule has 0 spiro atoms. The number of carbonyl (C=O) groups is 2. The van der Waals surface area contributed by atoms with Gasteiger partial charge in [0, 0.05) is 6.61 Å². The number of ketones is 1. The van der Waals surface area contributed by atoms with Gasteiger partial charge in [-0.15, -0.1) is 0 Å². The van der Waals surface area contributed by atoms with E-state index in [1.54, 1.807) is 6.92 Å². The Balaban J connectivity index is 2.87. The molecule has 18 heavy (non-hydrogen) atoms. The van der Waals surface area contributed by atoms with Crippen molar-refractivity contribution in [2.75, 3.05) is 20.1 Å². The van der Waals surface area contributed by atoms with Gasteiger partial charge < -0.3 is 24.8 Å². The zero-order valence-electron chi connectivity index (χ0n) is 9.65. The molecular formula is C8H13O9P. The molecule has 1 heterocycles. The normalized spacial score (nSPS) is 30.9. The van der Waals surface area contributed by atoms with Gasteiger partial charge in [-0.25, -0.2) is 4.79 Å². The predicted molar refractivity (Wildman–Crippen MR) is 54.3 cm³/mol. The zero-order valence-corrected chi connectivity index (χ0v) is 10.5. The summed E-state index contributed by atoms with van der Waals surface area (Å²) < 4.78 is 24.8. The van der Waals surface area contributed by atoms with Crippen LogP contribution in [0, 0.1) is 0 Å². The van der Waals surface area contributed by atoms with Crippen molar-refractivity contribution in [2.24, 2.45) is 0 Å². The lowest BCUT2D eigenvalue weighted by atomic mass is 10.1. The van der Waals surface area contributed by atoms with Crippen molar-refractivity contribution in [3.05, 3.63) is 0 Å². The van der Waals surface area contributed by atoms with Crippen molar-refractivity contribution in [1.82, 2.24) is 0 Å². The molecule has 1 rings (SSSR count). The number of methoxy groups -OCH3 is 1. The Bertz CT molecular complexity index is 417. The average molecular weight is 284 g/mol. The van der Waals surface area contributed by atoms with Crippen molar-refractivity contribution in [3.8, 4) is 0 Å². The molecular weight excluding hydrogens is 271 g/mol. The summed E-state index contributed by atoms with van der Waals surface area (Å²) in [6.45, 7) is 1.73. The Morgan fingerprint density at radius 2 is 2.00 bits per heavy atom. The van der Waals surface area contributed by atoms with Crippen molar-refractivity contribution >= 4 is 19.1 Å². The molecule has 3 N–H and O–H groups in total. The number of aliphatic hydroxyl groups is 3. The van der Waals surface area contributed by atoms with Gasteiger partial charge in [0.05, 0.1) is 7.11 Å². The first kappa shape index (κ1) is 15.2. The Kier molecular flexibility index (Phi) is 3.97. The third-order valence-corrected chi connectivity index (χ3v) is 4.39. The third-order valence-electron chi connectivity index (χ3n) is 2.25. The predicted octanol–water partition coefficient (Wildman–Crippen LogP) is -1.64. The van der Waals surface area contributed by atoms with Crippen LogP contribution in [0.25, 0.3) is 0 Å². The van der Waals surface area contributed by atoms with Crippen LogP contribution in [-0.4, -0.2) is 58.5 Å². The molecule has 9 nitrogen and oxygen atoms in total. The standard InChI is InChI=1S/C8H13O9P/c1-3-16-4-18(14)8(13,17-18)5(9)7(11,12)6(10)15-2/h11-13H,3-4H2,1-2H3. The van der Waals surface area contributed by atoms with E-state index in [2.05, 4.69) is 9.26 Å². The molecule has 1 aliphatic rings. The SMILES string of the molecule is CCOCP1(=O)OC1(O)C(=O)C(O)(O)C(=O)OC. The first-order chi connectivity index (χ1) is 8.15. The third kappa shape index (κ3) is 2.20. The Morgan fingerprint density at radius 3 is 2.44 bits per heavy atom. The van der Waals surface area contributed by atoms with Gasteiger partial charge in [0.25, 0.3) is 13.2 Å². The lowest BCUT2D eigenvalue weighted by Crippen LogP contribution is -2.53. The van der Waals surface area contributed by atoms with E-state index in [4.69, 9.17) is 4.74 Å². The number of hydrogen-bond donors (Lipinski definition) is 3. The quantitative estimate of drug-likeness (QED) is 0.172. The number of hydrogen-bond acceptors (Lipinski definition) is 9. The summed E-state index contributed by atoms with van der Waals surface area (Å²) in [6, 6.07) is 0. The minimum Gasteiger partial charge on any atom is -0.465 e. The van der Waals surface area contributed by atoms with Crippen LogP contribution in [0.2, 0.25) is 0 Å². The highest BCUT2D eigenvalue weighted by Gasteiger charge is 2.77. The molecule has 0 aromatic rings. The van der Waals surface area contributed by atoms with Crippen molar-refractivity contribution in [3.63, 3.8) is 0 Å². The largest absolute Gasteiger partial charge is 0.465 e. The van der Waals surface area contributed by atoms with E-state index in [1.807, 2.05) is 0 Å². The van der Waals surface area contributed by atoms with Gasteiger partial charge in [0.2, 0.25) is 0 Å². The molecule has 0 amide bonds. The molecule has 0 saturated carbocycles. The molecule has 10 heteroatoms. The lowest BCUT2D eigenvalue weighted by Gasteiger charge is -2.17. The average Bonchev–Trinajstić information content (AvgIpc) is 2.88. The minimum absolute atomic E-state index is 0.151. The number of Topliss-reactive ketones (excluding diaryl/α,β-unsaturated/α-hetero) is 1. The summed E-state index contributed by atoms with van der Waals surface area (Å²) in [7, 11) is -3.10. The van der Waals surface area contributed by atoms with Crippen LogP contribution in [-0.2, 0) is 28.2 Å². The molecule has 0 aromatic heterocycles. The monoisotopic (exact) mass is 284 g/mol. The number of rotatable bonds is 6. The van der Waals surface area contributed by atoms with Crippen molar-refractivity contribution in [1.29, 1.82) is 0 Å². The van der Waals surface area contributed by atoms with Crippen molar-refractivity contribution in [2.45, 2.75) is 18.2 Å². The minimum atomic E-state index is -3.90. The van der Waals surface area contributed by atoms with Gasteiger partial charge in [-0.05, 0) is 6.92 Å². The number of ether oxygens (including phenoxy) is 2. The summed E-state index contributed by atoms with van der Waals surface area (Å²) in [4.78, 5) is 22.5. The highest BCUT2D eigenvalue weighted by molar-refractivity contribution is 7.67. The molecule has 0 radical (unpaired) electrons. The molecule has 104 valence electrons. The molecule has 1 fully saturated rings. The van der Waals surface area contributed by atoms with E-state index >= 15 is 0 Å². The number of esters is 1. The zero-order chi connectivity index (χ0) is 14.2. The highest BCUT2D eigenvalue weighted by Crippen LogP contribution is 2.77. The summed E-state index contributed by atoms with van der Waals surface area (Å²) in [5.41, 5.74) is -2.93. The lowest BCUT2D eigenvalue weighted by molar-refractivity contribution is -0.215. The highest BCUT2D eigenvalue weighted by atomic mass is 31.2. The summed E-state index contributed by atoms with van der Waals surface area (Å²) in [6.07, 6.45) is -0.580. The molecule has 0 aromatic carbocycles. The first-order valence-electron chi connectivity index (χ1n) is 4.84. The van der Waals surface area contributed by atoms with Crippen LogP contribution in [0.3, 0.4) is 0 Å². The fraction of sp³-hybridized carbons (Fsp3) is 0.750. The summed E-state index contributed by atoms with van der Waals surface area (Å²) >= 11 is 0. The second kappa shape index (κ2) is 4.69.